The van der Waals surface area contributed by atoms with E-state index in [0.29, 0.717) is 38.5 Å². The fourth-order valence-electron chi connectivity index (χ4n) is 13.4. The number of aliphatic hydroxyl groups is 10. The van der Waals surface area contributed by atoms with Crippen LogP contribution in [0, 0.1) is 0 Å². The van der Waals surface area contributed by atoms with Crippen LogP contribution in [0.1, 0.15) is 241 Å². The molecule has 6 saturated heterocycles. The van der Waals surface area contributed by atoms with Gasteiger partial charge in [-0.05, 0) is 52.9 Å². The van der Waals surface area contributed by atoms with Crippen LogP contribution in [0.25, 0.3) is 0 Å². The summed E-state index contributed by atoms with van der Waals surface area (Å²) in [6.07, 6.45) is -16.6. The van der Waals surface area contributed by atoms with Crippen molar-refractivity contribution in [2.24, 2.45) is 0 Å². The van der Waals surface area contributed by atoms with Crippen LogP contribution in [0.5, 0.6) is 0 Å². The summed E-state index contributed by atoms with van der Waals surface area (Å²) in [4.78, 5) is 41.5. The van der Waals surface area contributed by atoms with Crippen LogP contribution in [0.15, 0.2) is 0 Å². The highest BCUT2D eigenvalue weighted by Crippen LogP contribution is 2.40. The van der Waals surface area contributed by atoms with Crippen molar-refractivity contribution in [3.05, 3.63) is 0 Å². The molecule has 94 heavy (non-hydrogen) atoms. The fourth-order valence-corrected chi connectivity index (χ4v) is 13.4. The Balaban J connectivity index is 1.31. The van der Waals surface area contributed by atoms with E-state index in [1.165, 1.54) is 46.5 Å². The minimum atomic E-state index is -2.03. The molecule has 0 spiro atoms. The third-order valence-corrected chi connectivity index (χ3v) is 19.2. The summed E-state index contributed by atoms with van der Waals surface area (Å²) in [7, 11) is 0. The minimum Gasteiger partial charge on any atom is -0.457 e. The van der Waals surface area contributed by atoms with Gasteiger partial charge in [-0.15, -0.1) is 0 Å². The van der Waals surface area contributed by atoms with E-state index in [1.54, 1.807) is 0 Å². The summed E-state index contributed by atoms with van der Waals surface area (Å²) in [5.41, 5.74) is 0. The standard InChI is InChI=1S/C68H120O26/c1-7-10-13-15-17-18-22-26-30-35-46(71)88-57-40(4)82-64(55(80)53(57)78)92-59-42(6)84-68(63(90-48(73)37-32-25-20-16-14-11-8-2)62(59)94-65-54(79)51(76)49(74)44(38-69)86-65)91-58-41(5)83-66-61(56(58)81)89-47(72)36-31-27-23-19-21-24-29-34-43(33-28-12-9-3)85-67-60(93-66)52(77)50(75)45(39-70)87-67/h40-45,49-70,74-81H,7-39H2,1-6H3/t40-,41-,42-,43-,44+,45+,49+,50+,51-,52-,53-,54+,55+,56+,57-,58-,59-,60+,61+,62+,63+,64-,65-,66-,67+,68-/m0/s1. The number of aliphatic hydroxyl groups excluding tert-OH is 10. The number of hydrogen-bond donors (Lipinski definition) is 10. The molecule has 26 atom stereocenters. The van der Waals surface area contributed by atoms with Crippen LogP contribution in [-0.2, 0) is 76.0 Å². The van der Waals surface area contributed by atoms with Crippen molar-refractivity contribution in [2.45, 2.75) is 400 Å². The Hall–Kier alpha value is -2.39. The number of rotatable bonds is 32. The second-order valence-electron chi connectivity index (χ2n) is 27.0. The summed E-state index contributed by atoms with van der Waals surface area (Å²) in [6.45, 7) is 9.36. The number of carbonyl (C=O) groups excluding carboxylic acids is 3. The molecule has 0 aliphatic carbocycles. The average molecular weight is 1350 g/mol. The van der Waals surface area contributed by atoms with Gasteiger partial charge in [-0.1, -0.05) is 168 Å². The summed E-state index contributed by atoms with van der Waals surface area (Å²) in [6, 6.07) is 0. The second-order valence-corrected chi connectivity index (χ2v) is 27.0. The van der Waals surface area contributed by atoms with Gasteiger partial charge in [-0.25, -0.2) is 0 Å². The maximum absolute atomic E-state index is 14.3. The van der Waals surface area contributed by atoms with Crippen molar-refractivity contribution >= 4 is 17.9 Å². The van der Waals surface area contributed by atoms with E-state index in [9.17, 15) is 65.4 Å². The zero-order chi connectivity index (χ0) is 68.3. The van der Waals surface area contributed by atoms with Crippen molar-refractivity contribution in [1.29, 1.82) is 0 Å². The van der Waals surface area contributed by atoms with Crippen molar-refractivity contribution in [1.82, 2.24) is 0 Å². The van der Waals surface area contributed by atoms with Crippen LogP contribution in [-0.4, -0.2) is 242 Å². The molecule has 0 aromatic rings. The number of unbranched alkanes of at least 4 members (excludes halogenated alkanes) is 16. The first-order valence-electron chi connectivity index (χ1n) is 36.1. The molecule has 6 rings (SSSR count). The molecule has 10 N–H and O–H groups in total. The van der Waals surface area contributed by atoms with E-state index < -0.39 is 185 Å². The zero-order valence-electron chi connectivity index (χ0n) is 56.8. The van der Waals surface area contributed by atoms with Gasteiger partial charge >= 0.3 is 17.9 Å². The highest BCUT2D eigenvalue weighted by Gasteiger charge is 2.59. The summed E-state index contributed by atoms with van der Waals surface area (Å²) in [5, 5.41) is 113. The van der Waals surface area contributed by atoms with E-state index in [-0.39, 0.29) is 25.4 Å². The van der Waals surface area contributed by atoms with Crippen molar-refractivity contribution in [3.63, 3.8) is 0 Å². The molecule has 26 heteroatoms. The molecule has 0 radical (unpaired) electrons. The summed E-state index contributed by atoms with van der Waals surface area (Å²) in [5.74, 6) is -2.12. The molecule has 0 unspecified atom stereocenters. The van der Waals surface area contributed by atoms with E-state index in [2.05, 4.69) is 20.8 Å². The number of carbonyl (C=O) groups is 3. The fraction of sp³-hybridized carbons (Fsp3) is 0.956. The highest BCUT2D eigenvalue weighted by molar-refractivity contribution is 5.70. The van der Waals surface area contributed by atoms with E-state index in [1.807, 2.05) is 0 Å². The smallest absolute Gasteiger partial charge is 0.306 e. The number of ether oxygens (including phenoxy) is 13. The Morgan fingerprint density at radius 1 is 0.404 bits per heavy atom. The SMILES string of the molecule is CCCCCCCCCCCC(=O)O[C@@H]1[C@@H](O)[C@@H](O)[C@H](O[C@@H]2[C@@H](O[C@@H]3O[C@H](CO)[C@@H](O)[C@H](O)[C@H]3O)[C@@H](OC(=O)CCCCCCCCC)[C@H](O[C@@H]3[C@@H](O)[C@H]4OC(=O)CCCCCCCCC[C@H](CCCCC)O[C@@H]5O[C@H](CO)[C@@H](O)[C@H](O)[C@H]5O[C@@H]4O[C@H]3C)O[C@H]2C)O[C@H]1C. The lowest BCUT2D eigenvalue weighted by atomic mass is 9.95. The predicted molar refractivity (Wildman–Crippen MR) is 337 cm³/mol. The topological polar surface area (TPSA) is 374 Å². The number of esters is 3. The maximum atomic E-state index is 14.3. The molecule has 6 fully saturated rings. The highest BCUT2D eigenvalue weighted by atomic mass is 16.8. The predicted octanol–water partition coefficient (Wildman–Crippen LogP) is 5.37. The van der Waals surface area contributed by atoms with Crippen LogP contribution >= 0.6 is 0 Å². The quantitative estimate of drug-likeness (QED) is 0.0230. The van der Waals surface area contributed by atoms with Gasteiger partial charge in [0.05, 0.1) is 37.6 Å². The molecular weight excluding hydrogens is 1230 g/mol. The summed E-state index contributed by atoms with van der Waals surface area (Å²) < 4.78 is 82.2. The minimum absolute atomic E-state index is 0.0625. The van der Waals surface area contributed by atoms with Gasteiger partial charge in [0.15, 0.2) is 49.8 Å². The molecule has 6 aliphatic heterocycles. The molecule has 0 aromatic carbocycles. The van der Waals surface area contributed by atoms with Crippen LogP contribution in [0.3, 0.4) is 0 Å². The Bertz CT molecular complexity index is 2100. The third-order valence-electron chi connectivity index (χ3n) is 19.2. The Morgan fingerprint density at radius 3 is 1.47 bits per heavy atom. The van der Waals surface area contributed by atoms with Crippen LogP contribution < -0.4 is 0 Å². The van der Waals surface area contributed by atoms with Crippen LogP contribution in [0.4, 0.5) is 0 Å². The first kappa shape index (κ1) is 80.6. The molecule has 0 saturated carbocycles. The van der Waals surface area contributed by atoms with E-state index in [0.717, 1.165) is 116 Å². The third kappa shape index (κ3) is 24.2. The maximum Gasteiger partial charge on any atom is 0.306 e. The molecular formula is C68H120O26. The van der Waals surface area contributed by atoms with E-state index >= 15 is 0 Å². The molecule has 0 bridgehead atoms. The van der Waals surface area contributed by atoms with Gasteiger partial charge < -0.3 is 113 Å². The molecule has 26 nitrogen and oxygen atoms in total. The van der Waals surface area contributed by atoms with Crippen molar-refractivity contribution in [2.75, 3.05) is 13.2 Å². The summed E-state index contributed by atoms with van der Waals surface area (Å²) >= 11 is 0. The van der Waals surface area contributed by atoms with Gasteiger partial charge in [-0.3, -0.25) is 14.4 Å². The van der Waals surface area contributed by atoms with Gasteiger partial charge in [-0.2, -0.15) is 0 Å². The van der Waals surface area contributed by atoms with Gasteiger partial charge in [0.2, 0.25) is 0 Å². The molecule has 6 heterocycles. The van der Waals surface area contributed by atoms with Gasteiger partial charge in [0.25, 0.3) is 0 Å². The van der Waals surface area contributed by atoms with Gasteiger partial charge in [0, 0.05) is 19.3 Å². The first-order valence-corrected chi connectivity index (χ1v) is 36.1. The Morgan fingerprint density at radius 2 is 0.862 bits per heavy atom. The van der Waals surface area contributed by atoms with Crippen molar-refractivity contribution in [3.8, 4) is 0 Å². The molecule has 0 amide bonds. The Kier molecular flexibility index (Phi) is 36.6. The lowest BCUT2D eigenvalue weighted by molar-refractivity contribution is -0.400. The monoisotopic (exact) mass is 1350 g/mol. The average Bonchev–Trinajstić information content (AvgIpc) is 0.770. The van der Waals surface area contributed by atoms with E-state index in [4.69, 9.17) is 61.6 Å². The van der Waals surface area contributed by atoms with Gasteiger partial charge in [0.1, 0.15) is 85.5 Å². The number of fused-ring (bicyclic) bond motifs is 2. The largest absolute Gasteiger partial charge is 0.457 e. The molecule has 0 aromatic heterocycles. The lowest BCUT2D eigenvalue weighted by Gasteiger charge is -2.51. The Labute approximate surface area is 556 Å². The second kappa shape index (κ2) is 42.7. The van der Waals surface area contributed by atoms with Crippen LogP contribution in [0.2, 0.25) is 0 Å². The first-order chi connectivity index (χ1) is 45.3. The number of hydrogen-bond acceptors (Lipinski definition) is 26. The van der Waals surface area contributed by atoms with Crippen molar-refractivity contribution < 1.29 is 127 Å². The molecule has 6 aliphatic rings. The normalized spacial score (nSPS) is 39.1. The zero-order valence-corrected chi connectivity index (χ0v) is 56.8. The lowest BCUT2D eigenvalue weighted by Crippen LogP contribution is -2.68. The molecule has 548 valence electrons.